The Bertz CT molecular complexity index is 299. The van der Waals surface area contributed by atoms with Crippen molar-refractivity contribution in [1.82, 2.24) is 4.98 Å². The van der Waals surface area contributed by atoms with Crippen LogP contribution in [0.4, 0.5) is 11.5 Å². The predicted molar refractivity (Wildman–Crippen MR) is 53.9 cm³/mol. The molecule has 0 atom stereocenters. The topological polar surface area (TPSA) is 60.2 Å². The van der Waals surface area contributed by atoms with Gasteiger partial charge in [-0.05, 0) is 12.1 Å². The molecule has 0 aliphatic heterocycles. The Morgan fingerprint density at radius 3 is 3.08 bits per heavy atom. The Morgan fingerprint density at radius 1 is 1.69 bits per heavy atom. The molecule has 0 spiro atoms. The van der Waals surface area contributed by atoms with Gasteiger partial charge in [0.05, 0.1) is 12.8 Å². The van der Waals surface area contributed by atoms with E-state index in [1.54, 1.807) is 18.2 Å². The van der Waals surface area contributed by atoms with E-state index in [4.69, 9.17) is 10.5 Å². The van der Waals surface area contributed by atoms with Crippen LogP contribution in [0.5, 0.6) is 5.88 Å². The van der Waals surface area contributed by atoms with Gasteiger partial charge in [0, 0.05) is 6.54 Å². The van der Waals surface area contributed by atoms with Crippen molar-refractivity contribution in [3.05, 3.63) is 24.8 Å². The first kappa shape index (κ1) is 9.38. The highest BCUT2D eigenvalue weighted by molar-refractivity contribution is 5.53. The highest BCUT2D eigenvalue weighted by Gasteiger charge is 2.00. The van der Waals surface area contributed by atoms with Crippen LogP contribution in [-0.2, 0) is 0 Å². The van der Waals surface area contributed by atoms with Crippen LogP contribution in [-0.4, -0.2) is 18.6 Å². The SMILES string of the molecule is C=CCNc1ccc(N)c(OC)n1. The van der Waals surface area contributed by atoms with E-state index in [9.17, 15) is 0 Å². The molecule has 1 aromatic heterocycles. The molecule has 4 nitrogen and oxygen atoms in total. The second-order valence-corrected chi connectivity index (χ2v) is 2.46. The Labute approximate surface area is 77.4 Å². The Hall–Kier alpha value is -1.71. The molecule has 1 heterocycles. The van der Waals surface area contributed by atoms with Gasteiger partial charge in [-0.3, -0.25) is 0 Å². The molecule has 3 N–H and O–H groups in total. The first-order chi connectivity index (χ1) is 6.27. The molecule has 0 radical (unpaired) electrons. The molecular weight excluding hydrogens is 166 g/mol. The zero-order valence-corrected chi connectivity index (χ0v) is 7.58. The highest BCUT2D eigenvalue weighted by atomic mass is 16.5. The zero-order chi connectivity index (χ0) is 9.68. The van der Waals surface area contributed by atoms with Gasteiger partial charge in [-0.1, -0.05) is 6.08 Å². The van der Waals surface area contributed by atoms with Crippen molar-refractivity contribution < 1.29 is 4.74 Å². The van der Waals surface area contributed by atoms with Crippen molar-refractivity contribution in [3.63, 3.8) is 0 Å². The van der Waals surface area contributed by atoms with E-state index in [0.29, 0.717) is 18.1 Å². The normalized spacial score (nSPS) is 9.31. The summed E-state index contributed by atoms with van der Waals surface area (Å²) in [5.41, 5.74) is 6.13. The number of nitrogens with one attached hydrogen (secondary N) is 1. The minimum absolute atomic E-state index is 0.439. The molecule has 4 heteroatoms. The van der Waals surface area contributed by atoms with Gasteiger partial charge in [-0.25, -0.2) is 0 Å². The average Bonchev–Trinajstić information content (AvgIpc) is 2.16. The minimum Gasteiger partial charge on any atom is -0.479 e. The molecular formula is C9H13N3O. The van der Waals surface area contributed by atoms with Gasteiger partial charge in [0.1, 0.15) is 5.82 Å². The van der Waals surface area contributed by atoms with Gasteiger partial charge in [0.2, 0.25) is 5.88 Å². The molecule has 13 heavy (non-hydrogen) atoms. The fourth-order valence-corrected chi connectivity index (χ4v) is 0.890. The molecule has 0 aromatic carbocycles. The lowest BCUT2D eigenvalue weighted by atomic mass is 10.4. The lowest BCUT2D eigenvalue weighted by Gasteiger charge is -2.06. The Morgan fingerprint density at radius 2 is 2.46 bits per heavy atom. The van der Waals surface area contributed by atoms with E-state index in [2.05, 4.69) is 16.9 Å². The van der Waals surface area contributed by atoms with Crippen LogP contribution in [0.2, 0.25) is 0 Å². The largest absolute Gasteiger partial charge is 0.479 e. The Balaban J connectivity index is 2.79. The van der Waals surface area contributed by atoms with Gasteiger partial charge >= 0.3 is 0 Å². The monoisotopic (exact) mass is 179 g/mol. The zero-order valence-electron chi connectivity index (χ0n) is 7.58. The molecule has 1 rings (SSSR count). The first-order valence-electron chi connectivity index (χ1n) is 3.93. The van der Waals surface area contributed by atoms with E-state index in [0.717, 1.165) is 5.82 Å². The van der Waals surface area contributed by atoms with Gasteiger partial charge < -0.3 is 15.8 Å². The second-order valence-electron chi connectivity index (χ2n) is 2.46. The summed E-state index contributed by atoms with van der Waals surface area (Å²) in [6.45, 7) is 4.26. The number of anilines is 2. The van der Waals surface area contributed by atoms with Crippen LogP contribution in [0.3, 0.4) is 0 Å². The predicted octanol–water partition coefficient (Wildman–Crippen LogP) is 1.27. The third-order valence-corrected chi connectivity index (χ3v) is 1.51. The molecule has 0 unspecified atom stereocenters. The van der Waals surface area contributed by atoms with E-state index in [-0.39, 0.29) is 0 Å². The number of nitrogen functional groups attached to an aromatic ring is 1. The molecule has 0 aliphatic rings. The summed E-state index contributed by atoms with van der Waals surface area (Å²) in [5, 5.41) is 3.03. The second kappa shape index (κ2) is 4.35. The maximum Gasteiger partial charge on any atom is 0.238 e. The van der Waals surface area contributed by atoms with Crippen LogP contribution < -0.4 is 15.8 Å². The van der Waals surface area contributed by atoms with E-state index >= 15 is 0 Å². The third-order valence-electron chi connectivity index (χ3n) is 1.51. The summed E-state index contributed by atoms with van der Waals surface area (Å²) in [4.78, 5) is 4.12. The van der Waals surface area contributed by atoms with Gasteiger partial charge in [0.25, 0.3) is 0 Å². The van der Waals surface area contributed by atoms with Crippen molar-refractivity contribution in [3.8, 4) is 5.88 Å². The average molecular weight is 179 g/mol. The number of hydrogen-bond donors (Lipinski definition) is 2. The van der Waals surface area contributed by atoms with Crippen molar-refractivity contribution in [2.75, 3.05) is 24.7 Å². The smallest absolute Gasteiger partial charge is 0.238 e. The molecule has 0 aliphatic carbocycles. The number of nitrogens with two attached hydrogens (primary N) is 1. The molecule has 0 saturated heterocycles. The van der Waals surface area contributed by atoms with Crippen LogP contribution >= 0.6 is 0 Å². The lowest BCUT2D eigenvalue weighted by Crippen LogP contribution is -2.02. The number of nitrogens with zero attached hydrogens (tertiary/aromatic N) is 1. The van der Waals surface area contributed by atoms with Crippen LogP contribution in [0.1, 0.15) is 0 Å². The fourth-order valence-electron chi connectivity index (χ4n) is 0.890. The number of hydrogen-bond acceptors (Lipinski definition) is 4. The van der Waals surface area contributed by atoms with Crippen molar-refractivity contribution >= 4 is 11.5 Å². The molecule has 0 amide bonds. The summed E-state index contributed by atoms with van der Waals surface area (Å²) < 4.78 is 4.96. The van der Waals surface area contributed by atoms with Crippen molar-refractivity contribution in [2.45, 2.75) is 0 Å². The molecule has 0 saturated carbocycles. The maximum absolute atomic E-state index is 5.59. The highest BCUT2D eigenvalue weighted by Crippen LogP contribution is 2.19. The molecule has 0 fully saturated rings. The standard InChI is InChI=1S/C9H13N3O/c1-3-6-11-8-5-4-7(10)9(12-8)13-2/h3-5H,1,6,10H2,2H3,(H,11,12). The summed E-state index contributed by atoms with van der Waals surface area (Å²) in [7, 11) is 1.54. The van der Waals surface area contributed by atoms with Crippen molar-refractivity contribution in [2.24, 2.45) is 0 Å². The molecule has 1 aromatic rings. The quantitative estimate of drug-likeness (QED) is 0.683. The molecule has 70 valence electrons. The summed E-state index contributed by atoms with van der Waals surface area (Å²) in [6.07, 6.45) is 1.75. The van der Waals surface area contributed by atoms with E-state index in [1.807, 2.05) is 0 Å². The number of ether oxygens (including phenoxy) is 1. The molecule has 0 bridgehead atoms. The number of aromatic nitrogens is 1. The minimum atomic E-state index is 0.439. The summed E-state index contributed by atoms with van der Waals surface area (Å²) in [5.74, 6) is 1.17. The van der Waals surface area contributed by atoms with E-state index in [1.165, 1.54) is 7.11 Å². The van der Waals surface area contributed by atoms with E-state index < -0.39 is 0 Å². The van der Waals surface area contributed by atoms with Crippen LogP contribution in [0.25, 0.3) is 0 Å². The first-order valence-corrected chi connectivity index (χ1v) is 3.93. The summed E-state index contributed by atoms with van der Waals surface area (Å²) >= 11 is 0. The third kappa shape index (κ3) is 2.37. The number of pyridine rings is 1. The maximum atomic E-state index is 5.59. The van der Waals surface area contributed by atoms with Crippen LogP contribution in [0, 0.1) is 0 Å². The lowest BCUT2D eigenvalue weighted by molar-refractivity contribution is 0.401. The van der Waals surface area contributed by atoms with Crippen LogP contribution in [0.15, 0.2) is 24.8 Å². The Kier molecular flexibility index (Phi) is 3.14. The number of rotatable bonds is 4. The number of methoxy groups -OCH3 is 1. The summed E-state index contributed by atoms with van der Waals surface area (Å²) in [6, 6.07) is 3.54. The fraction of sp³-hybridized carbons (Fsp3) is 0.222. The van der Waals surface area contributed by atoms with Gasteiger partial charge in [-0.15, -0.1) is 6.58 Å². The van der Waals surface area contributed by atoms with Gasteiger partial charge in [0.15, 0.2) is 0 Å². The van der Waals surface area contributed by atoms with Gasteiger partial charge in [-0.2, -0.15) is 4.98 Å². The van der Waals surface area contributed by atoms with Crippen molar-refractivity contribution in [1.29, 1.82) is 0 Å².